The first kappa shape index (κ1) is 76.2. The third-order valence-corrected chi connectivity index (χ3v) is 9.88. The third-order valence-electron chi connectivity index (χ3n) is 9.88. The molecule has 0 aromatic heterocycles. The largest absolute Gasteiger partial charge is 0.491 e. The van der Waals surface area contributed by atoms with Gasteiger partial charge >= 0.3 is 0 Å². The summed E-state index contributed by atoms with van der Waals surface area (Å²) in [6.45, 7) is 24.6. The monoisotopic (exact) mass is 1180 g/mol. The molecule has 2 aromatic carbocycles. The van der Waals surface area contributed by atoms with Gasteiger partial charge in [0.2, 0.25) is 0 Å². The van der Waals surface area contributed by atoms with Gasteiger partial charge in [-0.25, -0.2) is 0 Å². The van der Waals surface area contributed by atoms with E-state index in [9.17, 15) is 0 Å². The first-order valence-electron chi connectivity index (χ1n) is 28.5. The van der Waals surface area contributed by atoms with Gasteiger partial charge in [-0.05, 0) is 67.9 Å². The van der Waals surface area contributed by atoms with E-state index in [4.69, 9.17) is 115 Å². The minimum Gasteiger partial charge on any atom is -0.491 e. The predicted octanol–water partition coefficient (Wildman–Crippen LogP) is 4.53. The summed E-state index contributed by atoms with van der Waals surface area (Å²) in [4.78, 5) is 2.65. The molecule has 1 N–H and O–H groups in total. The highest BCUT2D eigenvalue weighted by Gasteiger charge is 2.02. The number of ether oxygens (including phenoxy) is 22. The van der Waals surface area contributed by atoms with Crippen LogP contribution < -0.4 is 18.9 Å². The zero-order chi connectivity index (χ0) is 58.6. The molecule has 82 heavy (non-hydrogen) atoms. The van der Waals surface area contributed by atoms with Gasteiger partial charge < -0.3 is 109 Å². The van der Waals surface area contributed by atoms with Gasteiger partial charge in [0.05, 0.1) is 231 Å². The summed E-state index contributed by atoms with van der Waals surface area (Å²) in [5.41, 5.74) is 8.14. The second-order valence-corrected chi connectivity index (χ2v) is 16.2. The average Bonchev–Trinajstić information content (AvgIpc) is 3.50. The molecule has 0 saturated carbocycles. The molecule has 0 radical (unpaired) electrons. The molecular formula is C56H99N3O23. The van der Waals surface area contributed by atoms with Crippen molar-refractivity contribution in [3.05, 3.63) is 59.0 Å². The Hall–Kier alpha value is -3.81. The molecule has 26 heteroatoms. The van der Waals surface area contributed by atoms with Crippen LogP contribution in [-0.2, 0) is 85.3 Å². The van der Waals surface area contributed by atoms with Crippen LogP contribution in [0.3, 0.4) is 0 Å². The fourth-order valence-corrected chi connectivity index (χ4v) is 5.92. The van der Waals surface area contributed by atoms with E-state index in [1.165, 1.54) is 0 Å². The maximum absolute atomic E-state index is 8.58. The van der Waals surface area contributed by atoms with Crippen molar-refractivity contribution in [3.63, 3.8) is 0 Å². The molecule has 0 fully saturated rings. The van der Waals surface area contributed by atoms with Crippen molar-refractivity contribution in [1.82, 2.24) is 0 Å². The molecule has 26 nitrogen and oxygen atoms in total. The van der Waals surface area contributed by atoms with E-state index in [1.807, 2.05) is 62.4 Å². The topological polar surface area (TPSA) is 272 Å². The Morgan fingerprint density at radius 2 is 0.439 bits per heavy atom. The Kier molecular flexibility index (Phi) is 61.6. The van der Waals surface area contributed by atoms with Crippen molar-refractivity contribution < 1.29 is 109 Å². The number of rotatable bonds is 65. The lowest BCUT2D eigenvalue weighted by Gasteiger charge is -2.10. The second kappa shape index (κ2) is 66.3. The molecule has 0 saturated heterocycles. The number of aliphatic hydroxyl groups is 1. The van der Waals surface area contributed by atoms with Crippen molar-refractivity contribution >= 4 is 0 Å². The normalized spacial score (nSPS) is 11.1. The molecule has 0 spiro atoms. The maximum atomic E-state index is 8.58. The summed E-state index contributed by atoms with van der Waals surface area (Å²) in [6, 6.07) is 14.9. The third kappa shape index (κ3) is 58.0. The van der Waals surface area contributed by atoms with Gasteiger partial charge in [-0.3, -0.25) is 0 Å². The van der Waals surface area contributed by atoms with Crippen LogP contribution in [0, 0.1) is 0 Å². The first-order chi connectivity index (χ1) is 40.7. The molecule has 0 aliphatic heterocycles. The summed E-state index contributed by atoms with van der Waals surface area (Å²) >= 11 is 0. The number of azide groups is 1. The van der Waals surface area contributed by atoms with Gasteiger partial charge in [0, 0.05) is 24.7 Å². The minimum absolute atomic E-state index is 0.0240. The zero-order valence-electron chi connectivity index (χ0n) is 49.1. The van der Waals surface area contributed by atoms with Crippen LogP contribution in [0.25, 0.3) is 10.4 Å². The molecule has 0 unspecified atom stereocenters. The van der Waals surface area contributed by atoms with Crippen molar-refractivity contribution in [1.29, 1.82) is 0 Å². The van der Waals surface area contributed by atoms with Crippen molar-refractivity contribution in [2.24, 2.45) is 5.11 Å². The van der Waals surface area contributed by atoms with Crippen molar-refractivity contribution in [2.45, 2.75) is 13.8 Å². The van der Waals surface area contributed by atoms with E-state index in [1.54, 1.807) is 0 Å². The summed E-state index contributed by atoms with van der Waals surface area (Å²) in [5.74, 6) is 2.99. The minimum atomic E-state index is 0.0240. The summed E-state index contributed by atoms with van der Waals surface area (Å²) in [5, 5.41) is 12.0. The molecule has 0 atom stereocenters. The number of hydrogen-bond acceptors (Lipinski definition) is 24. The fraction of sp³-hybridized carbons (Fsp3) is 0.786. The SMILES string of the molecule is CCOCCOCCOCCOCCOCCOc1ccc(OCCOCCOCCOCCOCCN=[N+]=[N-])cc1.CCOCCOCCOCCOCCOCCOc1ccc(OCCOCCOCCOCCOCCO)cc1. The predicted molar refractivity (Wildman–Crippen MR) is 302 cm³/mol. The molecular weight excluding hydrogens is 1080 g/mol. The molecule has 2 aromatic rings. The summed E-state index contributed by atoms with van der Waals surface area (Å²) in [7, 11) is 0. The standard InChI is InChI=1S/C28H49N3O11.C28H50O12/c1-2-32-9-10-34-13-14-36-17-18-38-20-22-40-24-26-42-28-5-3-27(4-6-28)41-25-23-39-21-19-37-16-15-35-12-11-33-8-7-30-31-29;1-2-30-9-10-32-13-14-34-17-18-36-20-22-38-24-26-40-28-5-3-27(4-6-28)39-25-23-37-21-19-35-16-15-33-12-11-31-8-7-29/h3-6H,2,7-26H2,1H3;3-6,29H,2,7-26H2,1H3. The molecule has 0 amide bonds. The lowest BCUT2D eigenvalue weighted by atomic mass is 10.3. The highest BCUT2D eigenvalue weighted by Crippen LogP contribution is 2.18. The lowest BCUT2D eigenvalue weighted by Crippen LogP contribution is -2.14. The van der Waals surface area contributed by atoms with Crippen LogP contribution >= 0.6 is 0 Å². The number of nitrogens with zero attached hydrogens (tertiary/aromatic N) is 3. The smallest absolute Gasteiger partial charge is 0.119 e. The lowest BCUT2D eigenvalue weighted by molar-refractivity contribution is -0.0119. The molecule has 0 aliphatic carbocycles. The van der Waals surface area contributed by atoms with Gasteiger partial charge in [-0.15, -0.1) is 0 Å². The number of hydrogen-bond donors (Lipinski definition) is 1. The Labute approximate surface area is 486 Å². The van der Waals surface area contributed by atoms with E-state index >= 15 is 0 Å². The fourth-order valence-electron chi connectivity index (χ4n) is 5.92. The highest BCUT2D eigenvalue weighted by atomic mass is 16.6. The maximum Gasteiger partial charge on any atom is 0.119 e. The van der Waals surface area contributed by atoms with Gasteiger partial charge in [0.25, 0.3) is 0 Å². The van der Waals surface area contributed by atoms with Gasteiger partial charge in [-0.1, -0.05) is 5.11 Å². The van der Waals surface area contributed by atoms with Crippen LogP contribution in [0.15, 0.2) is 53.6 Å². The molecule has 2 rings (SSSR count). The van der Waals surface area contributed by atoms with E-state index in [0.717, 1.165) is 23.0 Å². The van der Waals surface area contributed by atoms with Crippen LogP contribution in [0.5, 0.6) is 23.0 Å². The molecule has 476 valence electrons. The van der Waals surface area contributed by atoms with Crippen LogP contribution in [-0.4, -0.2) is 283 Å². The Bertz CT molecular complexity index is 1590. The number of benzene rings is 2. The summed E-state index contributed by atoms with van der Waals surface area (Å²) in [6.07, 6.45) is 0. The highest BCUT2D eigenvalue weighted by molar-refractivity contribution is 5.32. The Balaban J connectivity index is 0.000000821. The summed E-state index contributed by atoms with van der Waals surface area (Å²) < 4.78 is 119. The quantitative estimate of drug-likeness (QED) is 0.0412. The van der Waals surface area contributed by atoms with E-state index in [2.05, 4.69) is 10.0 Å². The first-order valence-corrected chi connectivity index (χ1v) is 28.5. The van der Waals surface area contributed by atoms with Gasteiger partial charge in [-0.2, -0.15) is 0 Å². The molecule has 0 bridgehead atoms. The molecule has 0 heterocycles. The van der Waals surface area contributed by atoms with Gasteiger partial charge in [0.1, 0.15) is 49.4 Å². The van der Waals surface area contributed by atoms with Crippen molar-refractivity contribution in [2.75, 3.05) is 277 Å². The van der Waals surface area contributed by atoms with Crippen LogP contribution in [0.1, 0.15) is 13.8 Å². The van der Waals surface area contributed by atoms with Crippen molar-refractivity contribution in [3.8, 4) is 23.0 Å². The Morgan fingerprint density at radius 3 is 0.622 bits per heavy atom. The van der Waals surface area contributed by atoms with E-state index in [0.29, 0.717) is 271 Å². The van der Waals surface area contributed by atoms with E-state index < -0.39 is 0 Å². The molecule has 0 aliphatic rings. The van der Waals surface area contributed by atoms with Gasteiger partial charge in [0.15, 0.2) is 0 Å². The van der Waals surface area contributed by atoms with Crippen LogP contribution in [0.4, 0.5) is 0 Å². The average molecular weight is 1180 g/mol. The Morgan fingerprint density at radius 1 is 0.268 bits per heavy atom. The second-order valence-electron chi connectivity index (χ2n) is 16.2. The number of aliphatic hydroxyl groups excluding tert-OH is 1. The van der Waals surface area contributed by atoms with E-state index in [-0.39, 0.29) is 6.61 Å². The van der Waals surface area contributed by atoms with Crippen LogP contribution in [0.2, 0.25) is 0 Å². The zero-order valence-corrected chi connectivity index (χ0v) is 49.1.